The fourth-order valence-corrected chi connectivity index (χ4v) is 4.13. The van der Waals surface area contributed by atoms with Crippen molar-refractivity contribution in [2.45, 2.75) is 43.2 Å². The average molecular weight is 463 g/mol. The molecule has 1 saturated heterocycles. The zero-order valence-corrected chi connectivity index (χ0v) is 19.2. The Bertz CT molecular complexity index is 1000. The summed E-state index contributed by atoms with van der Waals surface area (Å²) in [6.45, 7) is 1.65. The predicted molar refractivity (Wildman–Crippen MR) is 120 cm³/mol. The van der Waals surface area contributed by atoms with E-state index in [0.29, 0.717) is 37.5 Å². The lowest BCUT2D eigenvalue weighted by atomic mass is 10.1. The molecule has 8 nitrogen and oxygen atoms in total. The number of nitrogens with one attached hydrogen (secondary N) is 2. The molecule has 0 spiro atoms. The topological polar surface area (TPSA) is 103 Å². The highest BCUT2D eigenvalue weighted by molar-refractivity contribution is 7.89. The lowest BCUT2D eigenvalue weighted by molar-refractivity contribution is -0.121. The van der Waals surface area contributed by atoms with Gasteiger partial charge in [-0.1, -0.05) is 18.2 Å². The molecule has 2 aromatic carbocycles. The number of hydrogen-bond donors (Lipinski definition) is 2. The van der Waals surface area contributed by atoms with Crippen molar-refractivity contribution in [1.82, 2.24) is 10.0 Å². The first-order chi connectivity index (χ1) is 15.4. The Hall–Kier alpha value is -2.62. The van der Waals surface area contributed by atoms with E-state index in [9.17, 15) is 13.2 Å². The van der Waals surface area contributed by atoms with Crippen LogP contribution in [0.4, 0.5) is 0 Å². The molecule has 0 bridgehead atoms. The van der Waals surface area contributed by atoms with E-state index in [4.69, 9.17) is 14.2 Å². The fourth-order valence-electron chi connectivity index (χ4n) is 3.40. The van der Waals surface area contributed by atoms with Gasteiger partial charge in [0.2, 0.25) is 15.9 Å². The molecule has 2 N–H and O–H groups in total. The molecule has 1 aliphatic rings. The van der Waals surface area contributed by atoms with E-state index >= 15 is 0 Å². The summed E-state index contributed by atoms with van der Waals surface area (Å²) in [6.07, 6.45) is 3.02. The summed E-state index contributed by atoms with van der Waals surface area (Å²) in [4.78, 5) is 12.4. The number of amides is 1. The van der Waals surface area contributed by atoms with Crippen LogP contribution in [0.3, 0.4) is 0 Å². The summed E-state index contributed by atoms with van der Waals surface area (Å²) < 4.78 is 42.6. The SMILES string of the molecule is CNS(=O)(=O)c1ccc(CCC(=O)NCc2ccc(OCC3CCCO3)c(OC)c2)cc1. The highest BCUT2D eigenvalue weighted by atomic mass is 32.2. The molecular weight excluding hydrogens is 432 g/mol. The number of carbonyl (C=O) groups excluding carboxylic acids is 1. The predicted octanol–water partition coefficient (Wildman–Crippen LogP) is 2.41. The van der Waals surface area contributed by atoms with Crippen molar-refractivity contribution in [3.05, 3.63) is 53.6 Å². The third kappa shape index (κ3) is 6.69. The molecule has 1 fully saturated rings. The Morgan fingerprint density at radius 2 is 1.88 bits per heavy atom. The van der Waals surface area contributed by atoms with E-state index in [-0.39, 0.29) is 16.9 Å². The van der Waals surface area contributed by atoms with Crippen LogP contribution in [-0.4, -0.2) is 47.8 Å². The fraction of sp³-hybridized carbons (Fsp3) is 0.435. The van der Waals surface area contributed by atoms with Crippen molar-refractivity contribution in [1.29, 1.82) is 0 Å². The van der Waals surface area contributed by atoms with Gasteiger partial charge in [-0.05, 0) is 61.7 Å². The summed E-state index contributed by atoms with van der Waals surface area (Å²) >= 11 is 0. The molecule has 1 heterocycles. The molecule has 9 heteroatoms. The van der Waals surface area contributed by atoms with E-state index in [1.54, 1.807) is 19.2 Å². The van der Waals surface area contributed by atoms with Crippen molar-refractivity contribution in [2.24, 2.45) is 0 Å². The highest BCUT2D eigenvalue weighted by Crippen LogP contribution is 2.29. The van der Waals surface area contributed by atoms with Gasteiger partial charge in [0.05, 0.1) is 18.1 Å². The van der Waals surface area contributed by atoms with Crippen LogP contribution in [0, 0.1) is 0 Å². The lowest BCUT2D eigenvalue weighted by Crippen LogP contribution is -2.23. The van der Waals surface area contributed by atoms with Crippen molar-refractivity contribution in [3.63, 3.8) is 0 Å². The van der Waals surface area contributed by atoms with Gasteiger partial charge in [-0.15, -0.1) is 0 Å². The van der Waals surface area contributed by atoms with Crippen LogP contribution in [0.25, 0.3) is 0 Å². The summed E-state index contributed by atoms with van der Waals surface area (Å²) in [7, 11) is -0.500. The largest absolute Gasteiger partial charge is 0.493 e. The second-order valence-corrected chi connectivity index (χ2v) is 9.45. The van der Waals surface area contributed by atoms with Crippen LogP contribution in [0.2, 0.25) is 0 Å². The maximum absolute atomic E-state index is 12.2. The number of methoxy groups -OCH3 is 1. The Kier molecular flexibility index (Phi) is 8.49. The van der Waals surface area contributed by atoms with Gasteiger partial charge in [-0.3, -0.25) is 4.79 Å². The first kappa shape index (κ1) is 24.0. The highest BCUT2D eigenvalue weighted by Gasteiger charge is 2.17. The Labute approximate surface area is 189 Å². The molecule has 1 amide bonds. The van der Waals surface area contributed by atoms with Crippen LogP contribution in [0.5, 0.6) is 11.5 Å². The van der Waals surface area contributed by atoms with E-state index in [1.807, 2.05) is 18.2 Å². The molecule has 174 valence electrons. The van der Waals surface area contributed by atoms with Gasteiger partial charge in [0.1, 0.15) is 6.61 Å². The molecule has 0 aromatic heterocycles. The number of benzene rings is 2. The Balaban J connectivity index is 1.46. The zero-order valence-electron chi connectivity index (χ0n) is 18.4. The van der Waals surface area contributed by atoms with Gasteiger partial charge >= 0.3 is 0 Å². The minimum Gasteiger partial charge on any atom is -0.493 e. The number of aryl methyl sites for hydroxylation is 1. The molecule has 2 aromatic rings. The minimum absolute atomic E-state index is 0.0883. The van der Waals surface area contributed by atoms with Crippen LogP contribution >= 0.6 is 0 Å². The van der Waals surface area contributed by atoms with Crippen molar-refractivity contribution in [2.75, 3.05) is 27.4 Å². The smallest absolute Gasteiger partial charge is 0.240 e. The van der Waals surface area contributed by atoms with Crippen LogP contribution in [0.15, 0.2) is 47.4 Å². The molecule has 1 aliphatic heterocycles. The van der Waals surface area contributed by atoms with Gasteiger partial charge in [0.25, 0.3) is 0 Å². The van der Waals surface area contributed by atoms with Gasteiger partial charge in [0.15, 0.2) is 11.5 Å². The first-order valence-corrected chi connectivity index (χ1v) is 12.1. The minimum atomic E-state index is -3.46. The standard InChI is InChI=1S/C23H30N2O6S/c1-24-32(27,28)20-9-5-17(6-10-20)8-12-23(26)25-15-18-7-11-21(22(14-18)29-2)31-16-19-4-3-13-30-19/h5-7,9-11,14,19,24H,3-4,8,12-13,15-16H2,1-2H3,(H,25,26). The summed E-state index contributed by atoms with van der Waals surface area (Å²) in [5.41, 5.74) is 1.80. The second-order valence-electron chi connectivity index (χ2n) is 7.56. The number of carbonyl (C=O) groups is 1. The van der Waals surface area contributed by atoms with Crippen molar-refractivity contribution in [3.8, 4) is 11.5 Å². The third-order valence-corrected chi connectivity index (χ3v) is 6.74. The van der Waals surface area contributed by atoms with E-state index in [1.165, 1.54) is 19.2 Å². The molecule has 1 atom stereocenters. The summed E-state index contributed by atoms with van der Waals surface area (Å²) in [5, 5.41) is 2.90. The van der Waals surface area contributed by atoms with Gasteiger partial charge in [0, 0.05) is 19.6 Å². The maximum atomic E-state index is 12.2. The molecule has 0 saturated carbocycles. The van der Waals surface area contributed by atoms with Crippen molar-refractivity contribution >= 4 is 15.9 Å². The molecule has 1 unspecified atom stereocenters. The Morgan fingerprint density at radius 3 is 2.53 bits per heavy atom. The van der Waals surface area contributed by atoms with E-state index in [0.717, 1.165) is 30.6 Å². The molecule has 0 aliphatic carbocycles. The number of ether oxygens (including phenoxy) is 3. The Morgan fingerprint density at radius 1 is 1.12 bits per heavy atom. The monoisotopic (exact) mass is 462 g/mol. The number of rotatable bonds is 11. The van der Waals surface area contributed by atoms with Crippen LogP contribution in [0.1, 0.15) is 30.4 Å². The summed E-state index contributed by atoms with van der Waals surface area (Å²) in [6, 6.07) is 12.1. The van der Waals surface area contributed by atoms with Gasteiger partial charge in [-0.25, -0.2) is 13.1 Å². The number of hydrogen-bond acceptors (Lipinski definition) is 6. The molecule has 0 radical (unpaired) electrons. The normalized spacial score (nSPS) is 16.0. The third-order valence-electron chi connectivity index (χ3n) is 5.31. The van der Waals surface area contributed by atoms with Gasteiger partial charge < -0.3 is 19.5 Å². The zero-order chi connectivity index (χ0) is 23.0. The van der Waals surface area contributed by atoms with Crippen LogP contribution < -0.4 is 19.5 Å². The lowest BCUT2D eigenvalue weighted by Gasteiger charge is -2.15. The maximum Gasteiger partial charge on any atom is 0.240 e. The van der Waals surface area contributed by atoms with Crippen molar-refractivity contribution < 1.29 is 27.4 Å². The molecule has 32 heavy (non-hydrogen) atoms. The molecular formula is C23H30N2O6S. The summed E-state index contributed by atoms with van der Waals surface area (Å²) in [5.74, 6) is 1.18. The first-order valence-electron chi connectivity index (χ1n) is 10.6. The quantitative estimate of drug-likeness (QED) is 0.532. The number of sulfonamides is 1. The molecule has 3 rings (SSSR count). The van der Waals surface area contributed by atoms with Gasteiger partial charge in [-0.2, -0.15) is 0 Å². The van der Waals surface area contributed by atoms with E-state index in [2.05, 4.69) is 10.0 Å². The van der Waals surface area contributed by atoms with E-state index < -0.39 is 10.0 Å². The van der Waals surface area contributed by atoms with Crippen LogP contribution in [-0.2, 0) is 32.5 Å². The average Bonchev–Trinajstić information content (AvgIpc) is 3.34. The second kappa shape index (κ2) is 11.3.